The van der Waals surface area contributed by atoms with Crippen molar-refractivity contribution in [3.63, 3.8) is 0 Å². The van der Waals surface area contributed by atoms with Crippen molar-refractivity contribution in [1.82, 2.24) is 5.32 Å². The molecule has 1 saturated carbocycles. The van der Waals surface area contributed by atoms with Crippen LogP contribution >= 0.6 is 0 Å². The number of carbonyl (C=O) groups is 1. The number of alkyl halides is 2. The van der Waals surface area contributed by atoms with Crippen LogP contribution in [0.2, 0.25) is 0 Å². The SMILES string of the molecule is NC1C2CCCOC2C1NC(=O)CCOCC(F)F. The van der Waals surface area contributed by atoms with Gasteiger partial charge in [0.1, 0.15) is 6.61 Å². The normalized spacial score (nSPS) is 33.7. The molecule has 3 N–H and O–H groups in total. The predicted octanol–water partition coefficient (Wildman–Crippen LogP) is 0.279. The molecule has 110 valence electrons. The fourth-order valence-electron chi connectivity index (χ4n) is 2.72. The smallest absolute Gasteiger partial charge is 0.261 e. The molecule has 0 aromatic rings. The van der Waals surface area contributed by atoms with E-state index < -0.39 is 13.0 Å². The number of nitrogens with two attached hydrogens (primary N) is 1. The van der Waals surface area contributed by atoms with Crippen LogP contribution < -0.4 is 11.1 Å². The number of amides is 1. The third kappa shape index (κ3) is 3.61. The van der Waals surface area contributed by atoms with E-state index in [0.29, 0.717) is 12.5 Å². The van der Waals surface area contributed by atoms with E-state index in [1.807, 2.05) is 0 Å². The summed E-state index contributed by atoms with van der Waals surface area (Å²) < 4.78 is 33.9. The van der Waals surface area contributed by atoms with Crippen LogP contribution in [0.3, 0.4) is 0 Å². The minimum Gasteiger partial charge on any atom is -0.376 e. The minimum absolute atomic E-state index is 0.00686. The average molecular weight is 278 g/mol. The summed E-state index contributed by atoms with van der Waals surface area (Å²) >= 11 is 0. The molecular weight excluding hydrogens is 258 g/mol. The molecule has 1 aliphatic heterocycles. The van der Waals surface area contributed by atoms with Crippen molar-refractivity contribution >= 4 is 5.91 Å². The highest BCUT2D eigenvalue weighted by Gasteiger charge is 2.50. The molecule has 0 aromatic heterocycles. The van der Waals surface area contributed by atoms with Gasteiger partial charge in [-0.2, -0.15) is 0 Å². The Kier molecular flexibility index (Phi) is 5.06. The van der Waals surface area contributed by atoms with Crippen LogP contribution in [0.25, 0.3) is 0 Å². The summed E-state index contributed by atoms with van der Waals surface area (Å²) in [5.41, 5.74) is 6.00. The second kappa shape index (κ2) is 6.58. The fourth-order valence-corrected chi connectivity index (χ4v) is 2.72. The zero-order chi connectivity index (χ0) is 13.8. The molecule has 2 aliphatic rings. The van der Waals surface area contributed by atoms with E-state index in [0.717, 1.165) is 12.8 Å². The number of fused-ring (bicyclic) bond motifs is 1. The lowest BCUT2D eigenvalue weighted by atomic mass is 9.68. The highest BCUT2D eigenvalue weighted by molar-refractivity contribution is 5.76. The number of nitrogens with one attached hydrogen (secondary N) is 1. The molecule has 0 bridgehead atoms. The maximum atomic E-state index is 11.8. The summed E-state index contributed by atoms with van der Waals surface area (Å²) in [5.74, 6) is 0.0940. The van der Waals surface area contributed by atoms with Crippen LogP contribution in [0.15, 0.2) is 0 Å². The van der Waals surface area contributed by atoms with E-state index >= 15 is 0 Å². The predicted molar refractivity (Wildman–Crippen MR) is 63.8 cm³/mol. The molecule has 2 rings (SSSR count). The van der Waals surface area contributed by atoms with E-state index in [-0.39, 0.29) is 37.1 Å². The van der Waals surface area contributed by atoms with Gasteiger partial charge in [0.15, 0.2) is 0 Å². The zero-order valence-corrected chi connectivity index (χ0v) is 10.7. The van der Waals surface area contributed by atoms with Crippen molar-refractivity contribution in [2.45, 2.75) is 43.9 Å². The second-order valence-corrected chi connectivity index (χ2v) is 5.03. The van der Waals surface area contributed by atoms with Gasteiger partial charge in [-0.15, -0.1) is 0 Å². The van der Waals surface area contributed by atoms with Crippen LogP contribution in [0, 0.1) is 5.92 Å². The first-order valence-electron chi connectivity index (χ1n) is 6.62. The largest absolute Gasteiger partial charge is 0.376 e. The van der Waals surface area contributed by atoms with Gasteiger partial charge >= 0.3 is 0 Å². The standard InChI is InChI=1S/C12H20F2N2O3/c13-8(14)6-18-5-3-9(17)16-11-10(15)7-2-1-4-19-12(7)11/h7-8,10-12H,1-6,15H2,(H,16,17). The van der Waals surface area contributed by atoms with E-state index in [4.69, 9.17) is 10.5 Å². The first kappa shape index (κ1) is 14.6. The van der Waals surface area contributed by atoms with E-state index in [1.165, 1.54) is 0 Å². The summed E-state index contributed by atoms with van der Waals surface area (Å²) in [4.78, 5) is 11.6. The number of ether oxygens (including phenoxy) is 2. The number of rotatable bonds is 6. The molecule has 4 atom stereocenters. The van der Waals surface area contributed by atoms with Crippen molar-refractivity contribution in [3.8, 4) is 0 Å². The van der Waals surface area contributed by atoms with E-state index in [9.17, 15) is 13.6 Å². The molecule has 19 heavy (non-hydrogen) atoms. The first-order valence-corrected chi connectivity index (χ1v) is 6.62. The zero-order valence-electron chi connectivity index (χ0n) is 10.7. The number of halogens is 2. The van der Waals surface area contributed by atoms with Gasteiger partial charge in [-0.05, 0) is 12.8 Å². The summed E-state index contributed by atoms with van der Waals surface area (Å²) in [5, 5.41) is 2.80. The monoisotopic (exact) mass is 278 g/mol. The number of hydrogen-bond acceptors (Lipinski definition) is 4. The summed E-state index contributed by atoms with van der Waals surface area (Å²) in [6, 6.07) is -0.232. The third-order valence-electron chi connectivity index (χ3n) is 3.72. The summed E-state index contributed by atoms with van der Waals surface area (Å²) in [7, 11) is 0. The summed E-state index contributed by atoms with van der Waals surface area (Å²) in [6.07, 6.45) is -0.380. The van der Waals surface area contributed by atoms with Crippen molar-refractivity contribution in [3.05, 3.63) is 0 Å². The molecule has 0 radical (unpaired) electrons. The third-order valence-corrected chi connectivity index (χ3v) is 3.72. The Morgan fingerprint density at radius 3 is 3.05 bits per heavy atom. The van der Waals surface area contributed by atoms with Gasteiger partial charge in [0, 0.05) is 25.0 Å². The molecule has 4 unspecified atom stereocenters. The molecule has 5 nitrogen and oxygen atoms in total. The van der Waals surface area contributed by atoms with Gasteiger partial charge in [-0.1, -0.05) is 0 Å². The maximum absolute atomic E-state index is 11.8. The second-order valence-electron chi connectivity index (χ2n) is 5.03. The molecule has 1 amide bonds. The van der Waals surface area contributed by atoms with E-state index in [1.54, 1.807) is 0 Å². The minimum atomic E-state index is -2.50. The first-order chi connectivity index (χ1) is 9.09. The molecule has 7 heteroatoms. The Bertz CT molecular complexity index is 317. The van der Waals surface area contributed by atoms with Crippen molar-refractivity contribution in [2.75, 3.05) is 19.8 Å². The molecule has 2 fully saturated rings. The topological polar surface area (TPSA) is 73.6 Å². The van der Waals surface area contributed by atoms with Crippen LogP contribution in [-0.4, -0.2) is 50.3 Å². The Hall–Kier alpha value is -0.790. The van der Waals surface area contributed by atoms with Gasteiger partial charge in [-0.3, -0.25) is 4.79 Å². The van der Waals surface area contributed by atoms with Gasteiger partial charge in [-0.25, -0.2) is 8.78 Å². The Morgan fingerprint density at radius 2 is 2.32 bits per heavy atom. The Morgan fingerprint density at radius 1 is 1.53 bits per heavy atom. The van der Waals surface area contributed by atoms with Crippen LogP contribution in [0.1, 0.15) is 19.3 Å². The highest BCUT2D eigenvalue weighted by Crippen LogP contribution is 2.36. The van der Waals surface area contributed by atoms with Gasteiger partial charge in [0.25, 0.3) is 6.43 Å². The fraction of sp³-hybridized carbons (Fsp3) is 0.917. The average Bonchev–Trinajstić information content (AvgIpc) is 2.40. The van der Waals surface area contributed by atoms with Gasteiger partial charge in [0.2, 0.25) is 5.91 Å². The maximum Gasteiger partial charge on any atom is 0.261 e. The van der Waals surface area contributed by atoms with Crippen LogP contribution in [-0.2, 0) is 14.3 Å². The molecule has 1 heterocycles. The number of hydrogen-bond donors (Lipinski definition) is 2. The number of carbonyl (C=O) groups excluding carboxylic acids is 1. The quantitative estimate of drug-likeness (QED) is 0.684. The van der Waals surface area contributed by atoms with Crippen LogP contribution in [0.4, 0.5) is 8.78 Å². The molecular formula is C12H20F2N2O3. The van der Waals surface area contributed by atoms with E-state index in [2.05, 4.69) is 10.1 Å². The lowest BCUT2D eigenvalue weighted by Gasteiger charge is -2.52. The highest BCUT2D eigenvalue weighted by atomic mass is 19.3. The van der Waals surface area contributed by atoms with Gasteiger partial charge < -0.3 is 20.5 Å². The lowest BCUT2D eigenvalue weighted by molar-refractivity contribution is -0.140. The van der Waals surface area contributed by atoms with Gasteiger partial charge in [0.05, 0.1) is 18.8 Å². The molecule has 1 aliphatic carbocycles. The lowest BCUT2D eigenvalue weighted by Crippen LogP contribution is -2.72. The summed E-state index contributed by atoms with van der Waals surface area (Å²) in [6.45, 7) is 0.0644. The molecule has 0 spiro atoms. The van der Waals surface area contributed by atoms with Crippen LogP contribution in [0.5, 0.6) is 0 Å². The van der Waals surface area contributed by atoms with Crippen molar-refractivity contribution in [2.24, 2.45) is 11.7 Å². The molecule has 0 aromatic carbocycles. The molecule has 1 saturated heterocycles. The Labute approximate surface area is 110 Å². The van der Waals surface area contributed by atoms with Crippen molar-refractivity contribution < 1.29 is 23.0 Å². The Balaban J connectivity index is 1.65. The van der Waals surface area contributed by atoms with Crippen molar-refractivity contribution in [1.29, 1.82) is 0 Å².